The highest BCUT2D eigenvalue weighted by Gasteiger charge is 2.21. The molecule has 0 heterocycles. The second kappa shape index (κ2) is 5.78. The monoisotopic (exact) mass is 364 g/mol. The van der Waals surface area contributed by atoms with Gasteiger partial charge in [0.2, 0.25) is 0 Å². The van der Waals surface area contributed by atoms with Gasteiger partial charge < -0.3 is 0 Å². The number of hydrogen-bond donors (Lipinski definition) is 0. The zero-order chi connectivity index (χ0) is 14.2. The second-order valence-corrected chi connectivity index (χ2v) is 5.85. The van der Waals surface area contributed by atoms with Crippen molar-refractivity contribution in [3.05, 3.63) is 68.7 Å². The number of rotatable bonds is 2. The quantitative estimate of drug-likeness (QED) is 0.567. The third kappa shape index (κ3) is 2.93. The number of hydrogen-bond acceptors (Lipinski definition) is 0. The van der Waals surface area contributed by atoms with E-state index >= 15 is 0 Å². The van der Waals surface area contributed by atoms with E-state index in [4.69, 9.17) is 23.2 Å². The summed E-state index contributed by atoms with van der Waals surface area (Å²) in [4.78, 5) is -0.534. The van der Waals surface area contributed by atoms with Crippen LogP contribution in [0.3, 0.4) is 0 Å². The van der Waals surface area contributed by atoms with Crippen molar-refractivity contribution in [2.24, 2.45) is 0 Å². The Hall–Kier alpha value is -0.640. The number of halogens is 5. The molecule has 0 nitrogen and oxygen atoms in total. The Bertz CT molecular complexity index is 609. The number of alkyl halides is 1. The molecule has 0 saturated carbocycles. The predicted octanol–water partition coefficient (Wildman–Crippen LogP) is 6.06. The Morgan fingerprint density at radius 3 is 2.21 bits per heavy atom. The molecule has 0 aromatic heterocycles. The molecule has 0 aliphatic rings. The number of benzene rings is 2. The van der Waals surface area contributed by atoms with Crippen LogP contribution in [0.15, 0.2) is 30.3 Å². The van der Waals surface area contributed by atoms with E-state index in [0.717, 1.165) is 6.07 Å². The van der Waals surface area contributed by atoms with Crippen molar-refractivity contribution in [2.45, 2.75) is 11.8 Å². The molecule has 0 saturated heterocycles. The van der Waals surface area contributed by atoms with Crippen LogP contribution in [0.25, 0.3) is 0 Å². The van der Waals surface area contributed by atoms with Gasteiger partial charge in [0.1, 0.15) is 11.6 Å². The van der Waals surface area contributed by atoms with E-state index in [0.29, 0.717) is 26.7 Å². The van der Waals surface area contributed by atoms with Crippen molar-refractivity contribution < 1.29 is 8.78 Å². The minimum atomic E-state index is -0.638. The van der Waals surface area contributed by atoms with Gasteiger partial charge >= 0.3 is 0 Å². The van der Waals surface area contributed by atoms with E-state index in [1.54, 1.807) is 25.1 Å². The summed E-state index contributed by atoms with van der Waals surface area (Å²) in [5.74, 6) is -1.22. The van der Waals surface area contributed by atoms with Gasteiger partial charge in [-0.25, -0.2) is 8.78 Å². The molecule has 1 atom stereocenters. The van der Waals surface area contributed by atoms with Crippen molar-refractivity contribution in [3.63, 3.8) is 0 Å². The average Bonchev–Trinajstić information content (AvgIpc) is 2.33. The lowest BCUT2D eigenvalue weighted by molar-refractivity contribution is 0.569. The number of aryl methyl sites for hydroxylation is 1. The fourth-order valence-corrected chi connectivity index (χ4v) is 3.51. The van der Waals surface area contributed by atoms with Crippen molar-refractivity contribution in [1.82, 2.24) is 0 Å². The fraction of sp³-hybridized carbons (Fsp3) is 0.143. The summed E-state index contributed by atoms with van der Waals surface area (Å²) < 4.78 is 27.2. The molecule has 0 N–H and O–H groups in total. The molecule has 0 aliphatic heterocycles. The molecule has 1 unspecified atom stereocenters. The molecule has 5 heteroatoms. The largest absolute Gasteiger partial charge is 0.207 e. The highest BCUT2D eigenvalue weighted by molar-refractivity contribution is 9.09. The molecule has 0 radical (unpaired) electrons. The first kappa shape index (κ1) is 14.8. The van der Waals surface area contributed by atoms with Crippen LogP contribution in [0.4, 0.5) is 8.78 Å². The molecule has 0 amide bonds. The van der Waals surface area contributed by atoms with E-state index in [9.17, 15) is 8.78 Å². The average molecular weight is 366 g/mol. The minimum Gasteiger partial charge on any atom is -0.207 e. The van der Waals surface area contributed by atoms with Crippen LogP contribution in [0.2, 0.25) is 10.0 Å². The second-order valence-electron chi connectivity index (χ2n) is 4.12. The molecule has 0 fully saturated rings. The Balaban J connectivity index is 2.56. The Labute approximate surface area is 128 Å². The maximum absolute atomic E-state index is 13.9. The van der Waals surface area contributed by atoms with Crippen molar-refractivity contribution in [2.75, 3.05) is 0 Å². The SMILES string of the molecule is Cc1cc(C(Br)c2c(Cl)cccc2Cl)c(F)cc1F. The molecule has 100 valence electrons. The van der Waals surface area contributed by atoms with Crippen LogP contribution in [0, 0.1) is 18.6 Å². The molecule has 2 aromatic carbocycles. The zero-order valence-electron chi connectivity index (χ0n) is 9.85. The molecule has 2 rings (SSSR count). The van der Waals surface area contributed by atoms with Crippen LogP contribution < -0.4 is 0 Å². The van der Waals surface area contributed by atoms with Crippen LogP contribution in [-0.4, -0.2) is 0 Å². The fourth-order valence-electron chi connectivity index (χ4n) is 1.78. The van der Waals surface area contributed by atoms with Crippen molar-refractivity contribution in [1.29, 1.82) is 0 Å². The summed E-state index contributed by atoms with van der Waals surface area (Å²) in [5.41, 5.74) is 1.23. The van der Waals surface area contributed by atoms with Gasteiger partial charge in [0.05, 0.1) is 4.83 Å². The zero-order valence-corrected chi connectivity index (χ0v) is 13.0. The molecule has 0 aliphatic carbocycles. The lowest BCUT2D eigenvalue weighted by atomic mass is 10.0. The molecule has 2 aromatic rings. The van der Waals surface area contributed by atoms with E-state index in [1.165, 1.54) is 6.07 Å². The maximum Gasteiger partial charge on any atom is 0.130 e. The summed E-state index contributed by atoms with van der Waals surface area (Å²) in [6, 6.07) is 7.37. The topological polar surface area (TPSA) is 0 Å². The Kier molecular flexibility index (Phi) is 4.49. The van der Waals surface area contributed by atoms with Gasteiger partial charge in [-0.2, -0.15) is 0 Å². The lowest BCUT2D eigenvalue weighted by Crippen LogP contribution is -2.00. The van der Waals surface area contributed by atoms with Crippen LogP contribution in [0.5, 0.6) is 0 Å². The smallest absolute Gasteiger partial charge is 0.130 e. The van der Waals surface area contributed by atoms with Crippen molar-refractivity contribution in [3.8, 4) is 0 Å². The van der Waals surface area contributed by atoms with Crippen LogP contribution in [0.1, 0.15) is 21.5 Å². The van der Waals surface area contributed by atoms with Gasteiger partial charge in [-0.1, -0.05) is 45.2 Å². The van der Waals surface area contributed by atoms with Gasteiger partial charge in [-0.3, -0.25) is 0 Å². The van der Waals surface area contributed by atoms with E-state index in [1.807, 2.05) is 0 Å². The molecular formula is C14H9BrCl2F2. The predicted molar refractivity (Wildman–Crippen MR) is 78.3 cm³/mol. The standard InChI is InChI=1S/C14H9BrCl2F2/c1-7-5-8(12(19)6-11(7)18)14(15)13-9(16)3-2-4-10(13)17/h2-6,14H,1H3. The maximum atomic E-state index is 13.9. The normalized spacial score (nSPS) is 12.5. The third-order valence-electron chi connectivity index (χ3n) is 2.80. The molecule has 0 bridgehead atoms. The molecular weight excluding hydrogens is 357 g/mol. The first-order valence-corrected chi connectivity index (χ1v) is 7.12. The van der Waals surface area contributed by atoms with E-state index in [2.05, 4.69) is 15.9 Å². The van der Waals surface area contributed by atoms with Gasteiger partial charge in [-0.15, -0.1) is 0 Å². The highest BCUT2D eigenvalue weighted by Crippen LogP contribution is 2.40. The lowest BCUT2D eigenvalue weighted by Gasteiger charge is -2.16. The van der Waals surface area contributed by atoms with Gasteiger partial charge in [0.15, 0.2) is 0 Å². The Morgan fingerprint density at radius 2 is 1.63 bits per heavy atom. The summed E-state index contributed by atoms with van der Waals surface area (Å²) in [5, 5.41) is 0.853. The molecule has 19 heavy (non-hydrogen) atoms. The first-order chi connectivity index (χ1) is 8.91. The van der Waals surface area contributed by atoms with Gasteiger partial charge in [0.25, 0.3) is 0 Å². The van der Waals surface area contributed by atoms with Crippen LogP contribution >= 0.6 is 39.1 Å². The third-order valence-corrected chi connectivity index (χ3v) is 4.41. The van der Waals surface area contributed by atoms with Gasteiger partial charge in [-0.05, 0) is 30.7 Å². The van der Waals surface area contributed by atoms with E-state index < -0.39 is 16.5 Å². The summed E-state index contributed by atoms with van der Waals surface area (Å²) in [6.45, 7) is 1.58. The summed E-state index contributed by atoms with van der Waals surface area (Å²) in [6.07, 6.45) is 0. The minimum absolute atomic E-state index is 0.300. The summed E-state index contributed by atoms with van der Waals surface area (Å²) in [7, 11) is 0. The summed E-state index contributed by atoms with van der Waals surface area (Å²) >= 11 is 15.5. The van der Waals surface area contributed by atoms with Crippen molar-refractivity contribution >= 4 is 39.1 Å². The highest BCUT2D eigenvalue weighted by atomic mass is 79.9. The molecule has 0 spiro atoms. The first-order valence-electron chi connectivity index (χ1n) is 5.45. The van der Waals surface area contributed by atoms with Crippen LogP contribution in [-0.2, 0) is 0 Å². The van der Waals surface area contributed by atoms with Gasteiger partial charge in [0, 0.05) is 27.2 Å². The van der Waals surface area contributed by atoms with E-state index in [-0.39, 0.29) is 0 Å². The Morgan fingerprint density at radius 1 is 1.05 bits per heavy atom.